The van der Waals surface area contributed by atoms with E-state index in [4.69, 9.17) is 11.5 Å². The number of nitrogen functional groups attached to an aromatic ring is 2. The summed E-state index contributed by atoms with van der Waals surface area (Å²) >= 11 is 0. The third kappa shape index (κ3) is 1.86. The molecule has 9 nitrogen and oxygen atoms in total. The van der Waals surface area contributed by atoms with E-state index in [0.29, 0.717) is 0 Å². The number of nitrogens with zero attached hydrogens (tertiary/aromatic N) is 3. The van der Waals surface area contributed by atoms with Gasteiger partial charge in [-0.3, -0.25) is 0 Å². The normalized spacial score (nSPS) is 10.6. The van der Waals surface area contributed by atoms with Gasteiger partial charge in [0.2, 0.25) is 23.4 Å². The largest absolute Gasteiger partial charge is 0.504 e. The average Bonchev–Trinajstić information content (AvgIpc) is 2.33. The Morgan fingerprint density at radius 2 is 1.21 bits per heavy atom. The van der Waals surface area contributed by atoms with Gasteiger partial charge in [-0.2, -0.15) is 15.0 Å². The molecule has 0 atom stereocenters. The summed E-state index contributed by atoms with van der Waals surface area (Å²) in [6.07, 6.45) is 0. The second-order valence-corrected chi connectivity index (χ2v) is 3.77. The standard InChI is InChI=1S/C10H11N5O4/c1-2-3(5(17)7(19)6(18)4(2)16)8-13-9(11)15-10(12)14-8/h16-19H,1H3,(H4,11,12,13,14,15). The fourth-order valence-corrected chi connectivity index (χ4v) is 1.61. The van der Waals surface area contributed by atoms with Gasteiger partial charge in [-0.25, -0.2) is 0 Å². The molecule has 0 aliphatic rings. The van der Waals surface area contributed by atoms with E-state index in [9.17, 15) is 20.4 Å². The Morgan fingerprint density at radius 3 is 1.74 bits per heavy atom. The summed E-state index contributed by atoms with van der Waals surface area (Å²) in [6.45, 7) is 1.39. The highest BCUT2D eigenvalue weighted by molar-refractivity contribution is 5.79. The molecule has 2 rings (SSSR count). The third-order valence-electron chi connectivity index (χ3n) is 2.53. The van der Waals surface area contributed by atoms with Gasteiger partial charge in [0.05, 0.1) is 5.56 Å². The van der Waals surface area contributed by atoms with Crippen molar-refractivity contribution < 1.29 is 20.4 Å². The minimum atomic E-state index is -0.893. The van der Waals surface area contributed by atoms with Crippen LogP contribution in [-0.2, 0) is 0 Å². The van der Waals surface area contributed by atoms with Crippen LogP contribution in [-0.4, -0.2) is 35.4 Å². The Hall–Kier alpha value is -2.97. The molecule has 19 heavy (non-hydrogen) atoms. The summed E-state index contributed by atoms with van der Waals surface area (Å²) in [4.78, 5) is 11.1. The van der Waals surface area contributed by atoms with Crippen molar-refractivity contribution in [3.63, 3.8) is 0 Å². The number of hydrogen-bond donors (Lipinski definition) is 6. The minimum Gasteiger partial charge on any atom is -0.504 e. The van der Waals surface area contributed by atoms with E-state index in [2.05, 4.69) is 15.0 Å². The highest BCUT2D eigenvalue weighted by Gasteiger charge is 2.24. The van der Waals surface area contributed by atoms with Gasteiger partial charge in [-0.05, 0) is 6.92 Å². The van der Waals surface area contributed by atoms with E-state index in [1.165, 1.54) is 6.92 Å². The van der Waals surface area contributed by atoms with Crippen LogP contribution in [0.3, 0.4) is 0 Å². The minimum absolute atomic E-state index is 0.0535. The molecule has 0 fully saturated rings. The lowest BCUT2D eigenvalue weighted by molar-refractivity contribution is 0.345. The molecular weight excluding hydrogens is 254 g/mol. The lowest BCUT2D eigenvalue weighted by Crippen LogP contribution is -2.05. The van der Waals surface area contributed by atoms with Gasteiger partial charge < -0.3 is 31.9 Å². The summed E-state index contributed by atoms with van der Waals surface area (Å²) in [5.41, 5.74) is 10.8. The lowest BCUT2D eigenvalue weighted by atomic mass is 10.0. The van der Waals surface area contributed by atoms with Gasteiger partial charge in [0, 0.05) is 5.56 Å². The molecule has 1 aromatic heterocycles. The molecule has 0 amide bonds. The maximum atomic E-state index is 9.82. The second kappa shape index (κ2) is 4.05. The Morgan fingerprint density at radius 1 is 0.737 bits per heavy atom. The zero-order chi connectivity index (χ0) is 14.3. The van der Waals surface area contributed by atoms with Crippen LogP contribution < -0.4 is 11.5 Å². The molecule has 8 N–H and O–H groups in total. The molecule has 0 saturated heterocycles. The topological polar surface area (TPSA) is 172 Å². The van der Waals surface area contributed by atoms with Crippen LogP contribution in [0.1, 0.15) is 5.56 Å². The van der Waals surface area contributed by atoms with Gasteiger partial charge >= 0.3 is 0 Å². The number of hydrogen-bond acceptors (Lipinski definition) is 9. The number of benzene rings is 1. The van der Waals surface area contributed by atoms with Crippen molar-refractivity contribution in [2.45, 2.75) is 6.92 Å². The SMILES string of the molecule is Cc1c(O)c(O)c(O)c(O)c1-c1nc(N)nc(N)n1. The van der Waals surface area contributed by atoms with Gasteiger partial charge in [-0.15, -0.1) is 0 Å². The van der Waals surface area contributed by atoms with Crippen molar-refractivity contribution in [3.05, 3.63) is 5.56 Å². The van der Waals surface area contributed by atoms with Gasteiger partial charge in [0.15, 0.2) is 17.3 Å². The molecule has 0 unspecified atom stereocenters. The van der Waals surface area contributed by atoms with Gasteiger partial charge in [-0.1, -0.05) is 0 Å². The van der Waals surface area contributed by atoms with Crippen LogP contribution in [0.15, 0.2) is 0 Å². The molecule has 0 radical (unpaired) electrons. The van der Waals surface area contributed by atoms with Crippen molar-refractivity contribution in [1.29, 1.82) is 0 Å². The van der Waals surface area contributed by atoms with Gasteiger partial charge in [0.25, 0.3) is 0 Å². The van der Waals surface area contributed by atoms with Crippen LogP contribution >= 0.6 is 0 Å². The number of phenols is 4. The number of rotatable bonds is 1. The number of phenolic OH excluding ortho intramolecular Hbond substituents is 4. The zero-order valence-electron chi connectivity index (χ0n) is 9.79. The first-order valence-corrected chi connectivity index (χ1v) is 5.06. The molecule has 0 spiro atoms. The number of nitrogens with two attached hydrogens (primary N) is 2. The van der Waals surface area contributed by atoms with E-state index in [-0.39, 0.29) is 28.8 Å². The summed E-state index contributed by atoms with van der Waals surface area (Å²) in [6, 6.07) is 0. The van der Waals surface area contributed by atoms with Crippen molar-refractivity contribution in [1.82, 2.24) is 15.0 Å². The smallest absolute Gasteiger partial charge is 0.225 e. The molecule has 0 saturated carbocycles. The van der Waals surface area contributed by atoms with Gasteiger partial charge in [0.1, 0.15) is 0 Å². The highest BCUT2D eigenvalue weighted by Crippen LogP contribution is 2.49. The fraction of sp³-hybridized carbons (Fsp3) is 0.100. The molecular formula is C10H11N5O4. The van der Waals surface area contributed by atoms with Crippen LogP contribution in [0.2, 0.25) is 0 Å². The molecule has 100 valence electrons. The Bertz CT molecular complexity index is 624. The summed E-state index contributed by atoms with van der Waals surface area (Å²) < 4.78 is 0. The molecule has 1 heterocycles. The average molecular weight is 265 g/mol. The van der Waals surface area contributed by atoms with E-state index in [1.807, 2.05) is 0 Å². The van der Waals surface area contributed by atoms with Crippen molar-refractivity contribution in [2.24, 2.45) is 0 Å². The Kier molecular flexibility index (Phi) is 2.66. The molecule has 0 bridgehead atoms. The summed E-state index contributed by atoms with van der Waals surface area (Å²) in [7, 11) is 0. The van der Waals surface area contributed by atoms with E-state index < -0.39 is 23.0 Å². The van der Waals surface area contributed by atoms with Crippen LogP contribution in [0.4, 0.5) is 11.9 Å². The molecule has 0 aliphatic heterocycles. The zero-order valence-corrected chi connectivity index (χ0v) is 9.79. The van der Waals surface area contributed by atoms with Crippen molar-refractivity contribution in [3.8, 4) is 34.4 Å². The maximum Gasteiger partial charge on any atom is 0.225 e. The molecule has 1 aromatic carbocycles. The van der Waals surface area contributed by atoms with Crippen LogP contribution in [0.5, 0.6) is 23.0 Å². The number of anilines is 2. The summed E-state index contributed by atoms with van der Waals surface area (Å²) in [5, 5.41) is 38.3. The molecule has 2 aromatic rings. The van der Waals surface area contributed by atoms with Crippen molar-refractivity contribution in [2.75, 3.05) is 11.5 Å². The molecule has 9 heteroatoms. The van der Waals surface area contributed by atoms with Crippen molar-refractivity contribution >= 4 is 11.9 Å². The van der Waals surface area contributed by atoms with E-state index in [0.717, 1.165) is 0 Å². The second-order valence-electron chi connectivity index (χ2n) is 3.77. The molecule has 0 aliphatic carbocycles. The maximum absolute atomic E-state index is 9.82. The van der Waals surface area contributed by atoms with Crippen LogP contribution in [0, 0.1) is 6.92 Å². The fourth-order valence-electron chi connectivity index (χ4n) is 1.61. The first kappa shape index (κ1) is 12.5. The predicted octanol–water partition coefficient (Wildman–Crippen LogP) is -0.166. The van der Waals surface area contributed by atoms with Crippen LogP contribution in [0.25, 0.3) is 11.4 Å². The third-order valence-corrected chi connectivity index (χ3v) is 2.53. The first-order chi connectivity index (χ1) is 8.82. The quantitative estimate of drug-likeness (QED) is 0.302. The highest BCUT2D eigenvalue weighted by atomic mass is 16.3. The predicted molar refractivity (Wildman–Crippen MR) is 65.5 cm³/mol. The summed E-state index contributed by atoms with van der Waals surface area (Å²) in [5.74, 6) is -3.54. The number of aromatic nitrogens is 3. The van der Waals surface area contributed by atoms with E-state index >= 15 is 0 Å². The Labute approximate surface area is 106 Å². The first-order valence-electron chi connectivity index (χ1n) is 5.06. The lowest BCUT2D eigenvalue weighted by Gasteiger charge is -2.12. The van der Waals surface area contributed by atoms with E-state index in [1.54, 1.807) is 0 Å². The monoisotopic (exact) mass is 265 g/mol. The number of aromatic hydroxyl groups is 4. The Balaban J connectivity index is 2.82.